The Balaban J connectivity index is 1.68. The highest BCUT2D eigenvalue weighted by molar-refractivity contribution is 7.98. The Morgan fingerprint density at radius 2 is 1.72 bits per heavy atom. The first-order valence-electron chi connectivity index (χ1n) is 12.2. The molecule has 0 aliphatic heterocycles. The summed E-state index contributed by atoms with van der Waals surface area (Å²) >= 11 is 1.32. The molecule has 4 aromatic rings. The van der Waals surface area contributed by atoms with Crippen LogP contribution in [0.1, 0.15) is 34.0 Å². The zero-order valence-electron chi connectivity index (χ0n) is 21.9. The van der Waals surface area contributed by atoms with E-state index in [4.69, 9.17) is 23.4 Å². The van der Waals surface area contributed by atoms with Gasteiger partial charge in [-0.05, 0) is 60.6 Å². The molecule has 0 bridgehead atoms. The fourth-order valence-electron chi connectivity index (χ4n) is 4.95. The van der Waals surface area contributed by atoms with Gasteiger partial charge in [0.05, 0.1) is 26.2 Å². The summed E-state index contributed by atoms with van der Waals surface area (Å²) in [4.78, 5) is 39.7. The molecule has 0 unspecified atom stereocenters. The summed E-state index contributed by atoms with van der Waals surface area (Å²) in [5.41, 5.74) is 1.90. The van der Waals surface area contributed by atoms with Gasteiger partial charge in [-0.15, -0.1) is 11.8 Å². The third-order valence-electron chi connectivity index (χ3n) is 6.78. The summed E-state index contributed by atoms with van der Waals surface area (Å²) in [7, 11) is 4.60. The maximum atomic E-state index is 13.4. The molecule has 1 aliphatic rings. The van der Waals surface area contributed by atoms with Crippen molar-refractivity contribution in [2.75, 3.05) is 27.6 Å². The Hall–Kier alpha value is -4.24. The number of para-hydroxylation sites is 1. The van der Waals surface area contributed by atoms with Gasteiger partial charge >= 0.3 is 11.6 Å². The summed E-state index contributed by atoms with van der Waals surface area (Å²) in [6, 6.07) is 15.3. The molecule has 0 saturated carbocycles. The molecule has 39 heavy (non-hydrogen) atoms. The van der Waals surface area contributed by atoms with Gasteiger partial charge in [0.25, 0.3) is 0 Å². The number of carbonyl (C=O) groups is 1. The van der Waals surface area contributed by atoms with Crippen molar-refractivity contribution in [3.8, 4) is 28.4 Å². The lowest BCUT2D eigenvalue weighted by Crippen LogP contribution is -2.19. The van der Waals surface area contributed by atoms with Crippen LogP contribution >= 0.6 is 11.8 Å². The van der Waals surface area contributed by atoms with Gasteiger partial charge in [0.1, 0.15) is 17.3 Å². The molecular formula is C30H26O8S. The molecule has 3 aromatic carbocycles. The largest absolute Gasteiger partial charge is 0.493 e. The van der Waals surface area contributed by atoms with Crippen molar-refractivity contribution < 1.29 is 28.2 Å². The Kier molecular flexibility index (Phi) is 7.34. The molecule has 1 aromatic heterocycles. The van der Waals surface area contributed by atoms with Crippen LogP contribution in [0.2, 0.25) is 0 Å². The van der Waals surface area contributed by atoms with E-state index < -0.39 is 17.7 Å². The van der Waals surface area contributed by atoms with Crippen molar-refractivity contribution in [1.82, 2.24) is 0 Å². The van der Waals surface area contributed by atoms with Gasteiger partial charge in [0.2, 0.25) is 5.75 Å². The fourth-order valence-corrected chi connectivity index (χ4v) is 5.42. The number of fused-ring (bicyclic) bond motifs is 4. The normalized spacial score (nSPS) is 14.1. The van der Waals surface area contributed by atoms with Crippen molar-refractivity contribution in [2.24, 2.45) is 0 Å². The molecule has 9 heteroatoms. The molecule has 1 heterocycles. The van der Waals surface area contributed by atoms with Crippen molar-refractivity contribution in [1.29, 1.82) is 0 Å². The molecule has 0 spiro atoms. The number of benzene rings is 2. The first-order valence-corrected chi connectivity index (χ1v) is 13.4. The molecule has 1 atom stereocenters. The molecule has 0 fully saturated rings. The van der Waals surface area contributed by atoms with E-state index in [0.29, 0.717) is 57.1 Å². The number of carbonyl (C=O) groups excluding carboxylic acids is 1. The van der Waals surface area contributed by atoms with E-state index in [9.17, 15) is 14.4 Å². The molecule has 0 N–H and O–H groups in total. The summed E-state index contributed by atoms with van der Waals surface area (Å²) in [6.45, 7) is 0. The maximum absolute atomic E-state index is 13.4. The third kappa shape index (κ3) is 4.74. The van der Waals surface area contributed by atoms with Crippen LogP contribution in [0.4, 0.5) is 0 Å². The predicted octanol–water partition coefficient (Wildman–Crippen LogP) is 5.41. The van der Waals surface area contributed by atoms with Gasteiger partial charge < -0.3 is 23.4 Å². The van der Waals surface area contributed by atoms with Crippen LogP contribution in [0.25, 0.3) is 22.1 Å². The topological polar surface area (TPSA) is 101 Å². The second kappa shape index (κ2) is 10.9. The van der Waals surface area contributed by atoms with Gasteiger partial charge in [0.15, 0.2) is 16.9 Å². The van der Waals surface area contributed by atoms with Gasteiger partial charge in [-0.1, -0.05) is 24.3 Å². The highest BCUT2D eigenvalue weighted by Gasteiger charge is 2.31. The van der Waals surface area contributed by atoms with Crippen LogP contribution in [-0.4, -0.2) is 33.6 Å². The zero-order valence-corrected chi connectivity index (χ0v) is 22.7. The Labute approximate surface area is 228 Å². The molecule has 0 saturated heterocycles. The van der Waals surface area contributed by atoms with Gasteiger partial charge in [-0.25, -0.2) is 9.59 Å². The van der Waals surface area contributed by atoms with Crippen molar-refractivity contribution in [3.63, 3.8) is 0 Å². The Morgan fingerprint density at radius 1 is 0.949 bits per heavy atom. The number of hydrogen-bond acceptors (Lipinski definition) is 9. The minimum Gasteiger partial charge on any atom is -0.493 e. The smallest absolute Gasteiger partial charge is 0.351 e. The lowest BCUT2D eigenvalue weighted by Gasteiger charge is -2.19. The second-order valence-electron chi connectivity index (χ2n) is 8.88. The van der Waals surface area contributed by atoms with Crippen LogP contribution in [0.5, 0.6) is 17.2 Å². The lowest BCUT2D eigenvalue weighted by atomic mass is 9.96. The van der Waals surface area contributed by atoms with Crippen LogP contribution < -0.4 is 25.3 Å². The zero-order chi connectivity index (χ0) is 27.7. The summed E-state index contributed by atoms with van der Waals surface area (Å²) in [6.07, 6.45) is 1.81. The number of aryl methyl sites for hydroxylation is 1. The molecule has 8 nitrogen and oxygen atoms in total. The van der Waals surface area contributed by atoms with E-state index >= 15 is 0 Å². The molecule has 0 amide bonds. The Bertz CT molecular complexity index is 1710. The first-order chi connectivity index (χ1) is 18.9. The van der Waals surface area contributed by atoms with Gasteiger partial charge in [-0.3, -0.25) is 4.79 Å². The Morgan fingerprint density at radius 3 is 2.44 bits per heavy atom. The van der Waals surface area contributed by atoms with Crippen LogP contribution in [-0.2, 0) is 11.2 Å². The van der Waals surface area contributed by atoms with Crippen molar-refractivity contribution in [3.05, 3.63) is 91.9 Å². The molecule has 5 rings (SSSR count). The number of ether oxygens (including phenoxy) is 4. The minimum atomic E-state index is -0.831. The average molecular weight is 547 g/mol. The van der Waals surface area contributed by atoms with Gasteiger partial charge in [-0.2, -0.15) is 0 Å². The summed E-state index contributed by atoms with van der Waals surface area (Å²) in [5, 5.41) is 0.597. The first kappa shape index (κ1) is 26.4. The van der Waals surface area contributed by atoms with E-state index in [0.717, 1.165) is 11.1 Å². The lowest BCUT2D eigenvalue weighted by molar-refractivity contribution is 0.0276. The number of hydrogen-bond donors (Lipinski definition) is 0. The van der Waals surface area contributed by atoms with E-state index in [1.54, 1.807) is 37.4 Å². The second-order valence-corrected chi connectivity index (χ2v) is 9.72. The summed E-state index contributed by atoms with van der Waals surface area (Å²) in [5.74, 6) is 0.517. The van der Waals surface area contributed by atoms with E-state index in [-0.39, 0.29) is 11.0 Å². The predicted molar refractivity (Wildman–Crippen MR) is 149 cm³/mol. The summed E-state index contributed by atoms with van der Waals surface area (Å²) < 4.78 is 28.3. The standard InChI is InChI=1S/C30H26O8S/c1-34-24-14-17-9-11-23(38-30(33)20-13-16-7-5-6-8-22(16)37-29(20)32)19-15-21(31)25(39-4)12-10-18(19)26(17)28(36-3)27(24)35-2/h5-8,10,12-15,23H,9,11H2,1-4H3/t23-/m0/s1. The molecular weight excluding hydrogens is 520 g/mol. The minimum absolute atomic E-state index is 0.210. The SMILES string of the molecule is COc1cc2c(c(OC)c1OC)-c1ccc(SC)c(=O)cc1[C@@H](OC(=O)c1cc3ccccc3oc1=O)CC2. The quantitative estimate of drug-likeness (QED) is 0.178. The number of thioether (sulfide) groups is 1. The van der Waals surface area contributed by atoms with Gasteiger partial charge in [0, 0.05) is 16.5 Å². The van der Waals surface area contributed by atoms with Crippen LogP contribution in [0.3, 0.4) is 0 Å². The highest BCUT2D eigenvalue weighted by atomic mass is 32.2. The van der Waals surface area contributed by atoms with E-state index in [1.165, 1.54) is 38.1 Å². The monoisotopic (exact) mass is 546 g/mol. The van der Waals surface area contributed by atoms with E-state index in [1.807, 2.05) is 18.4 Å². The highest BCUT2D eigenvalue weighted by Crippen LogP contribution is 2.50. The maximum Gasteiger partial charge on any atom is 0.351 e. The molecule has 200 valence electrons. The molecule has 1 aliphatic carbocycles. The van der Waals surface area contributed by atoms with Crippen LogP contribution in [0, 0.1) is 0 Å². The van der Waals surface area contributed by atoms with E-state index in [2.05, 4.69) is 0 Å². The third-order valence-corrected chi connectivity index (χ3v) is 7.55. The number of rotatable bonds is 6. The number of methoxy groups -OCH3 is 3. The van der Waals surface area contributed by atoms with Crippen molar-refractivity contribution in [2.45, 2.75) is 23.8 Å². The number of esters is 1. The fraction of sp³-hybridized carbons (Fsp3) is 0.233. The molecule has 0 radical (unpaired) electrons. The average Bonchev–Trinajstić information content (AvgIpc) is 3.19. The van der Waals surface area contributed by atoms with Crippen molar-refractivity contribution >= 4 is 28.7 Å². The van der Waals surface area contributed by atoms with Crippen LogP contribution in [0.15, 0.2) is 73.5 Å².